The van der Waals surface area contributed by atoms with Crippen molar-refractivity contribution in [2.75, 3.05) is 96.7 Å². The zero-order valence-electron chi connectivity index (χ0n) is 26.8. The van der Waals surface area contributed by atoms with Gasteiger partial charge in [0.15, 0.2) is 0 Å². The van der Waals surface area contributed by atoms with E-state index in [2.05, 4.69) is 29.9 Å². The molecular weight excluding hydrogens is 587 g/mol. The lowest BCUT2D eigenvalue weighted by molar-refractivity contribution is 0.309. The summed E-state index contributed by atoms with van der Waals surface area (Å²) in [5.41, 5.74) is 1.81. The van der Waals surface area contributed by atoms with Gasteiger partial charge in [-0.25, -0.2) is 26.3 Å². The van der Waals surface area contributed by atoms with Crippen molar-refractivity contribution in [1.82, 2.24) is 24.1 Å². The lowest BCUT2D eigenvalue weighted by Crippen LogP contribution is -2.36. The monoisotopic (exact) mass is 639 g/mol. The molecule has 0 aliphatic heterocycles. The summed E-state index contributed by atoms with van der Waals surface area (Å²) in [4.78, 5) is 6.04. The van der Waals surface area contributed by atoms with Crippen molar-refractivity contribution in [3.63, 3.8) is 0 Å². The molecule has 2 rings (SSSR count). The van der Waals surface area contributed by atoms with Gasteiger partial charge in [-0.3, -0.25) is 0 Å². The average molecular weight is 640 g/mol. The smallest absolute Gasteiger partial charge is 0.242 e. The van der Waals surface area contributed by atoms with Gasteiger partial charge in [-0.2, -0.15) is 0 Å². The topological polar surface area (TPSA) is 126 Å². The molecule has 4 N–H and O–H groups in total. The van der Waals surface area contributed by atoms with Gasteiger partial charge in [-0.05, 0) is 64.4 Å². The first-order chi connectivity index (χ1) is 20.5. The molecule has 0 amide bonds. The molecule has 0 heterocycles. The highest BCUT2D eigenvalue weighted by atomic mass is 32.2. The van der Waals surface area contributed by atoms with Crippen molar-refractivity contribution in [2.45, 2.75) is 43.9 Å². The third-order valence-corrected chi connectivity index (χ3v) is 10.3. The molecule has 13 heteroatoms. The predicted octanol–water partition coefficient (Wildman–Crippen LogP) is 2.55. The minimum Gasteiger partial charge on any atom is -0.384 e. The highest BCUT2D eigenvalue weighted by Gasteiger charge is 2.27. The second kappa shape index (κ2) is 18.5. The number of nitrogens with zero attached hydrogens (tertiary/aromatic N) is 3. The van der Waals surface area contributed by atoms with Gasteiger partial charge in [-0.1, -0.05) is 58.0 Å². The van der Waals surface area contributed by atoms with Crippen molar-refractivity contribution < 1.29 is 16.8 Å². The van der Waals surface area contributed by atoms with Crippen LogP contribution in [0.4, 0.5) is 11.4 Å². The van der Waals surface area contributed by atoms with Gasteiger partial charge in [0.25, 0.3) is 0 Å². The minimum atomic E-state index is -4.05. The lowest BCUT2D eigenvalue weighted by atomic mass is 10.1. The number of hydrogen-bond donors (Lipinski definition) is 4. The molecule has 0 aromatic heterocycles. The largest absolute Gasteiger partial charge is 0.384 e. The zero-order valence-corrected chi connectivity index (χ0v) is 28.5. The summed E-state index contributed by atoms with van der Waals surface area (Å²) in [5.74, 6) is 0. The number of nitrogens with one attached hydrogen (secondary N) is 4. The Morgan fingerprint density at radius 2 is 1.07 bits per heavy atom. The first-order valence-electron chi connectivity index (χ1n) is 15.3. The Morgan fingerprint density at radius 3 is 1.51 bits per heavy atom. The lowest BCUT2D eigenvalue weighted by Gasteiger charge is -2.22. The quantitative estimate of drug-likeness (QED) is 0.154. The number of hydrogen-bond acceptors (Lipinski definition) is 9. The van der Waals surface area contributed by atoms with Crippen LogP contribution in [0, 0.1) is 0 Å². The molecule has 43 heavy (non-hydrogen) atoms. The van der Waals surface area contributed by atoms with E-state index in [4.69, 9.17) is 0 Å². The first kappa shape index (κ1) is 36.9. The maximum atomic E-state index is 13.7. The fourth-order valence-electron chi connectivity index (χ4n) is 4.59. The highest BCUT2D eigenvalue weighted by molar-refractivity contribution is 7.90. The maximum Gasteiger partial charge on any atom is 0.242 e. The number of benzene rings is 2. The molecule has 0 bridgehead atoms. The van der Waals surface area contributed by atoms with Gasteiger partial charge in [0.05, 0.1) is 11.4 Å². The molecule has 2 aromatic carbocycles. The van der Waals surface area contributed by atoms with Crippen LogP contribution in [0.1, 0.15) is 33.3 Å². The molecule has 0 spiro atoms. The van der Waals surface area contributed by atoms with Crippen LogP contribution in [0.2, 0.25) is 0 Å². The molecule has 0 saturated heterocycles. The fourth-order valence-corrected chi connectivity index (χ4v) is 7.09. The standard InChI is InChI=1S/C30H53N7O4S2/c1-7-36(8-2)22-19-33-42(38,39)29-25-30(43(40,41)34-20-23-37(9-3)10-4)28(32-18-21-35(5)6)24-27(29)31-17-16-26-14-12-11-13-15-26/h11-15,24-25,31-34H,7-10,16-23H2,1-6H3. The van der Waals surface area contributed by atoms with Gasteiger partial charge < -0.3 is 25.3 Å². The molecule has 0 aliphatic rings. The number of rotatable bonds is 22. The molecular formula is C30H53N7O4S2. The van der Waals surface area contributed by atoms with E-state index in [-0.39, 0.29) is 22.9 Å². The Labute approximate surface area is 260 Å². The summed E-state index contributed by atoms with van der Waals surface area (Å²) >= 11 is 0. The van der Waals surface area contributed by atoms with E-state index in [1.54, 1.807) is 6.07 Å². The van der Waals surface area contributed by atoms with E-state index in [0.717, 1.165) is 31.7 Å². The van der Waals surface area contributed by atoms with Gasteiger partial charge in [0.2, 0.25) is 20.0 Å². The van der Waals surface area contributed by atoms with Crippen molar-refractivity contribution in [3.8, 4) is 0 Å². The van der Waals surface area contributed by atoms with Crippen LogP contribution in [0.5, 0.6) is 0 Å². The normalized spacial score (nSPS) is 12.4. The average Bonchev–Trinajstić information content (AvgIpc) is 2.97. The van der Waals surface area contributed by atoms with Gasteiger partial charge in [-0.15, -0.1) is 0 Å². The van der Waals surface area contributed by atoms with E-state index in [1.165, 1.54) is 6.07 Å². The second-order valence-corrected chi connectivity index (χ2v) is 14.1. The zero-order chi connectivity index (χ0) is 31.9. The molecule has 0 radical (unpaired) electrons. The van der Waals surface area contributed by atoms with Crippen LogP contribution in [0.3, 0.4) is 0 Å². The Balaban J connectivity index is 2.50. The molecule has 11 nitrogen and oxygen atoms in total. The van der Waals surface area contributed by atoms with Crippen molar-refractivity contribution in [3.05, 3.63) is 48.0 Å². The summed E-state index contributed by atoms with van der Waals surface area (Å²) in [6.45, 7) is 14.5. The maximum absolute atomic E-state index is 13.7. The van der Waals surface area contributed by atoms with Crippen molar-refractivity contribution in [1.29, 1.82) is 0 Å². The molecule has 0 aliphatic carbocycles. The van der Waals surface area contributed by atoms with Crippen molar-refractivity contribution in [2.24, 2.45) is 0 Å². The van der Waals surface area contributed by atoms with E-state index in [9.17, 15) is 16.8 Å². The Morgan fingerprint density at radius 1 is 0.605 bits per heavy atom. The molecule has 0 fully saturated rings. The molecule has 0 atom stereocenters. The molecule has 2 aromatic rings. The molecule has 0 saturated carbocycles. The van der Waals surface area contributed by atoms with Crippen LogP contribution in [0.25, 0.3) is 0 Å². The minimum absolute atomic E-state index is 0.0940. The molecule has 0 unspecified atom stereocenters. The van der Waals surface area contributed by atoms with Crippen LogP contribution in [-0.4, -0.2) is 118 Å². The van der Waals surface area contributed by atoms with E-state index < -0.39 is 20.0 Å². The predicted molar refractivity (Wildman–Crippen MR) is 178 cm³/mol. The van der Waals surface area contributed by atoms with Crippen LogP contribution in [0.15, 0.2) is 52.3 Å². The third kappa shape index (κ3) is 12.3. The highest BCUT2D eigenvalue weighted by Crippen LogP contribution is 2.32. The Bertz CT molecular complexity index is 1300. The van der Waals surface area contributed by atoms with Crippen LogP contribution < -0.4 is 20.1 Å². The number of anilines is 2. The van der Waals surface area contributed by atoms with E-state index >= 15 is 0 Å². The van der Waals surface area contributed by atoms with Gasteiger partial charge >= 0.3 is 0 Å². The first-order valence-corrected chi connectivity index (χ1v) is 18.2. The molecule has 244 valence electrons. The summed E-state index contributed by atoms with van der Waals surface area (Å²) in [6.07, 6.45) is 0.673. The van der Waals surface area contributed by atoms with E-state index in [0.29, 0.717) is 50.5 Å². The second-order valence-electron chi connectivity index (χ2n) is 10.6. The van der Waals surface area contributed by atoms with E-state index in [1.807, 2.05) is 77.0 Å². The summed E-state index contributed by atoms with van der Waals surface area (Å²) < 4.78 is 60.1. The van der Waals surface area contributed by atoms with Gasteiger partial charge in [0, 0.05) is 45.8 Å². The summed E-state index contributed by atoms with van der Waals surface area (Å²) in [6, 6.07) is 12.8. The summed E-state index contributed by atoms with van der Waals surface area (Å²) in [7, 11) is -4.22. The Kier molecular flexibility index (Phi) is 15.9. The third-order valence-electron chi connectivity index (χ3n) is 7.34. The number of sulfonamides is 2. The number of likely N-dealkylation sites (N-methyl/N-ethyl adjacent to an activating group) is 3. The fraction of sp³-hybridized carbons (Fsp3) is 0.600. The van der Waals surface area contributed by atoms with Crippen molar-refractivity contribution >= 4 is 31.4 Å². The van der Waals surface area contributed by atoms with Gasteiger partial charge in [0.1, 0.15) is 9.79 Å². The SMILES string of the molecule is CCN(CC)CCNS(=O)(=O)c1cc(S(=O)(=O)NCCN(CC)CC)c(NCCN(C)C)cc1NCCc1ccccc1. The summed E-state index contributed by atoms with van der Waals surface area (Å²) in [5, 5.41) is 6.52. The van der Waals surface area contributed by atoms with Crippen LogP contribution >= 0.6 is 0 Å². The Hall–Kier alpha value is -2.26. The van der Waals surface area contributed by atoms with Crippen LogP contribution in [-0.2, 0) is 26.5 Å².